The first-order chi connectivity index (χ1) is 19.3. The Labute approximate surface area is 231 Å². The molecule has 0 radical (unpaired) electrons. The summed E-state index contributed by atoms with van der Waals surface area (Å²) in [6, 6.07) is 10.7. The summed E-state index contributed by atoms with van der Waals surface area (Å²) in [6.45, 7) is 4.12. The second kappa shape index (κ2) is 11.1. The minimum absolute atomic E-state index is 0. The molecule has 1 N–H and O–H groups in total. The lowest BCUT2D eigenvalue weighted by Crippen LogP contribution is -2.17. The lowest BCUT2D eigenvalue weighted by Gasteiger charge is -2.16. The number of aryl methyl sites for hydroxylation is 1. The number of fused-ring (bicyclic) bond motifs is 1. The summed E-state index contributed by atoms with van der Waals surface area (Å²) in [5, 5.41) is 0. The third-order valence-corrected chi connectivity index (χ3v) is 6.81. The van der Waals surface area contributed by atoms with E-state index in [0.29, 0.717) is 46.8 Å². The fraction of sp³-hybridized carbons (Fsp3) is 0.231. The average molecular weight is 565 g/mol. The van der Waals surface area contributed by atoms with Crippen molar-refractivity contribution in [2.75, 3.05) is 25.5 Å². The van der Waals surface area contributed by atoms with Gasteiger partial charge in [0, 0.05) is 19.9 Å². The highest BCUT2D eigenvalue weighted by atomic mass is 32.2. The Balaban J connectivity index is 0.00000387. The number of sulfonamides is 1. The van der Waals surface area contributed by atoms with Gasteiger partial charge in [0.25, 0.3) is 0 Å². The van der Waals surface area contributed by atoms with Gasteiger partial charge in [-0.15, -0.1) is 0 Å². The maximum atomic E-state index is 12.8. The van der Waals surface area contributed by atoms with E-state index in [-0.39, 0.29) is 18.7 Å². The van der Waals surface area contributed by atoms with E-state index in [4.69, 9.17) is 19.2 Å². The molecule has 4 aromatic heterocycles. The van der Waals surface area contributed by atoms with Crippen molar-refractivity contribution in [1.82, 2.24) is 34.5 Å². The summed E-state index contributed by atoms with van der Waals surface area (Å²) < 4.78 is 46.7. The zero-order chi connectivity index (χ0) is 28.3. The molecule has 40 heavy (non-hydrogen) atoms. The first-order valence-electron chi connectivity index (χ1n) is 12.2. The van der Waals surface area contributed by atoms with Crippen LogP contribution in [0, 0.1) is 6.92 Å². The number of nitrogens with zero attached hydrogens (tertiary/aromatic N) is 7. The van der Waals surface area contributed by atoms with Gasteiger partial charge in [-0.1, -0.05) is 12.1 Å². The van der Waals surface area contributed by atoms with Crippen molar-refractivity contribution >= 4 is 27.1 Å². The number of pyridine rings is 1. The third kappa shape index (κ3) is 5.47. The fourth-order valence-corrected chi connectivity index (χ4v) is 4.95. The van der Waals surface area contributed by atoms with Crippen molar-refractivity contribution in [2.24, 2.45) is 0 Å². The molecule has 4 heterocycles. The summed E-state index contributed by atoms with van der Waals surface area (Å²) in [5.74, 6) is 1.47. The van der Waals surface area contributed by atoms with Gasteiger partial charge in [0.05, 0.1) is 27.0 Å². The Morgan fingerprint density at radius 3 is 2.30 bits per heavy atom. The quantitative estimate of drug-likeness (QED) is 0.264. The van der Waals surface area contributed by atoms with E-state index in [2.05, 4.69) is 29.6 Å². The number of benzene rings is 1. The first-order valence-corrected chi connectivity index (χ1v) is 13.8. The molecule has 5 aromatic rings. The Morgan fingerprint density at radius 2 is 1.62 bits per heavy atom. The van der Waals surface area contributed by atoms with E-state index in [1.807, 2.05) is 13.8 Å². The number of hydrogen-bond donors (Lipinski definition) is 1. The molecular weight excluding hydrogens is 536 g/mol. The highest BCUT2D eigenvalue weighted by Crippen LogP contribution is 2.37. The zero-order valence-corrected chi connectivity index (χ0v) is 23.0. The van der Waals surface area contributed by atoms with Crippen LogP contribution in [0.4, 0.5) is 5.82 Å². The topological polar surface area (TPSA) is 156 Å². The van der Waals surface area contributed by atoms with Crippen LogP contribution in [0.1, 0.15) is 19.7 Å². The molecule has 5 rings (SSSR count). The molecule has 0 aliphatic heterocycles. The largest absolute Gasteiger partial charge is 0.494 e. The van der Waals surface area contributed by atoms with E-state index in [1.165, 1.54) is 6.20 Å². The molecule has 0 saturated carbocycles. The standard InChI is InChI=1S/C26H26N8O5S.H2/c1-5-39-22-11-6-8-17(30-22)25-32-24-26(34(25)23-18(37-3)9-7-10-19(23)38-4)29-14-20(31-24)33-40(35,36)15-21-27-12-16(2)13-28-21;/h6-14H,5,15H2,1-4H3,(H,31,33);1H. The van der Waals surface area contributed by atoms with E-state index in [9.17, 15) is 8.42 Å². The lowest BCUT2D eigenvalue weighted by atomic mass is 10.2. The van der Waals surface area contributed by atoms with Crippen LogP contribution in [-0.4, -0.2) is 63.7 Å². The Bertz CT molecular complexity index is 1760. The minimum atomic E-state index is -3.89. The molecule has 14 heteroatoms. The van der Waals surface area contributed by atoms with Gasteiger partial charge in [0.1, 0.15) is 34.5 Å². The number of aromatic nitrogens is 7. The van der Waals surface area contributed by atoms with Crippen molar-refractivity contribution in [1.29, 1.82) is 0 Å². The molecule has 1 aromatic carbocycles. The first kappa shape index (κ1) is 26.7. The van der Waals surface area contributed by atoms with Crippen molar-refractivity contribution < 1.29 is 24.1 Å². The molecule has 208 valence electrons. The van der Waals surface area contributed by atoms with Crippen LogP contribution in [0.3, 0.4) is 0 Å². The predicted molar refractivity (Wildman–Crippen MR) is 149 cm³/mol. The van der Waals surface area contributed by atoms with Gasteiger partial charge in [0.15, 0.2) is 22.9 Å². The van der Waals surface area contributed by atoms with Crippen LogP contribution in [0.2, 0.25) is 0 Å². The second-order valence-corrected chi connectivity index (χ2v) is 10.2. The van der Waals surface area contributed by atoms with Crippen LogP contribution in [0.5, 0.6) is 17.4 Å². The maximum Gasteiger partial charge on any atom is 0.241 e. The van der Waals surface area contributed by atoms with Crippen molar-refractivity contribution in [2.45, 2.75) is 19.6 Å². The van der Waals surface area contributed by atoms with Gasteiger partial charge < -0.3 is 14.2 Å². The number of para-hydroxylation sites is 1. The summed E-state index contributed by atoms with van der Waals surface area (Å²) >= 11 is 0. The van der Waals surface area contributed by atoms with E-state index in [1.54, 1.807) is 67.6 Å². The number of hydrogen-bond acceptors (Lipinski definition) is 11. The van der Waals surface area contributed by atoms with Gasteiger partial charge in [0.2, 0.25) is 15.9 Å². The van der Waals surface area contributed by atoms with E-state index < -0.39 is 15.8 Å². The van der Waals surface area contributed by atoms with Gasteiger partial charge >= 0.3 is 0 Å². The number of ether oxygens (including phenoxy) is 3. The van der Waals surface area contributed by atoms with E-state index >= 15 is 0 Å². The van der Waals surface area contributed by atoms with Gasteiger partial charge in [-0.3, -0.25) is 9.29 Å². The molecule has 0 unspecified atom stereocenters. The molecule has 0 spiro atoms. The molecule has 0 aliphatic rings. The van der Waals surface area contributed by atoms with Crippen LogP contribution < -0.4 is 18.9 Å². The summed E-state index contributed by atoms with van der Waals surface area (Å²) in [6.07, 6.45) is 4.42. The zero-order valence-electron chi connectivity index (χ0n) is 22.2. The Kier molecular flexibility index (Phi) is 7.42. The summed E-state index contributed by atoms with van der Waals surface area (Å²) in [7, 11) is -0.805. The highest BCUT2D eigenvalue weighted by Gasteiger charge is 2.24. The van der Waals surface area contributed by atoms with Crippen LogP contribution >= 0.6 is 0 Å². The predicted octanol–water partition coefficient (Wildman–Crippen LogP) is 3.58. The maximum absolute atomic E-state index is 12.8. The molecule has 0 aliphatic carbocycles. The highest BCUT2D eigenvalue weighted by molar-refractivity contribution is 7.91. The number of anilines is 1. The molecule has 0 atom stereocenters. The minimum Gasteiger partial charge on any atom is -0.494 e. The molecular formula is C26H28N8O5S. The monoisotopic (exact) mass is 564 g/mol. The van der Waals surface area contributed by atoms with E-state index in [0.717, 1.165) is 5.56 Å². The normalized spacial score (nSPS) is 11.4. The Morgan fingerprint density at radius 1 is 0.925 bits per heavy atom. The molecule has 0 bridgehead atoms. The summed E-state index contributed by atoms with van der Waals surface area (Å²) in [4.78, 5) is 26.4. The van der Waals surface area contributed by atoms with Crippen molar-refractivity contribution in [3.63, 3.8) is 0 Å². The fourth-order valence-electron chi connectivity index (χ4n) is 3.97. The number of rotatable bonds is 10. The SMILES string of the molecule is CCOc1cccc(-c2nc3nc(NS(=O)(=O)Cc4ncc(C)cn4)cnc3n2-c2c(OC)cccc2OC)n1.[HH]. The molecule has 0 amide bonds. The second-order valence-electron chi connectivity index (χ2n) is 8.52. The molecule has 0 saturated heterocycles. The van der Waals surface area contributed by atoms with Gasteiger partial charge in [-0.05, 0) is 37.6 Å². The number of nitrogens with one attached hydrogen (secondary N) is 1. The molecule has 0 fully saturated rings. The van der Waals surface area contributed by atoms with Gasteiger partial charge in [-0.2, -0.15) is 0 Å². The van der Waals surface area contributed by atoms with Crippen molar-refractivity contribution in [3.05, 3.63) is 66.4 Å². The number of methoxy groups -OCH3 is 2. The number of imidazole rings is 1. The van der Waals surface area contributed by atoms with Gasteiger partial charge in [-0.25, -0.2) is 38.3 Å². The van der Waals surface area contributed by atoms with Crippen LogP contribution in [0.15, 0.2) is 55.0 Å². The Hall–Kier alpha value is -4.85. The third-order valence-electron chi connectivity index (χ3n) is 5.65. The smallest absolute Gasteiger partial charge is 0.241 e. The van der Waals surface area contributed by atoms with Crippen LogP contribution in [0.25, 0.3) is 28.5 Å². The van der Waals surface area contributed by atoms with Crippen molar-refractivity contribution in [3.8, 4) is 34.6 Å². The molecule has 13 nitrogen and oxygen atoms in total. The lowest BCUT2D eigenvalue weighted by molar-refractivity contribution is 0.327. The van der Waals surface area contributed by atoms with Crippen LogP contribution in [-0.2, 0) is 15.8 Å². The summed E-state index contributed by atoms with van der Waals surface area (Å²) in [5.41, 5.74) is 2.31. The average Bonchev–Trinajstić information content (AvgIpc) is 3.32.